The summed E-state index contributed by atoms with van der Waals surface area (Å²) in [5.41, 5.74) is 2.33. The largest absolute Gasteiger partial charge is 0.327 e. The van der Waals surface area contributed by atoms with E-state index < -0.39 is 0 Å². The molecule has 2 heteroatoms. The van der Waals surface area contributed by atoms with Gasteiger partial charge in [-0.1, -0.05) is 66.7 Å². The highest BCUT2D eigenvalue weighted by Crippen LogP contribution is 2.45. The van der Waals surface area contributed by atoms with Crippen LogP contribution in [0.1, 0.15) is 30.1 Å². The van der Waals surface area contributed by atoms with Gasteiger partial charge in [-0.2, -0.15) is 0 Å². The van der Waals surface area contributed by atoms with Crippen molar-refractivity contribution in [3.05, 3.63) is 84.4 Å². The Morgan fingerprint density at radius 1 is 1.05 bits per heavy atom. The molecular formula is C19H19NO. The monoisotopic (exact) mass is 277 g/mol. The van der Waals surface area contributed by atoms with Gasteiger partial charge in [-0.25, -0.2) is 0 Å². The summed E-state index contributed by atoms with van der Waals surface area (Å²) < 4.78 is 0. The van der Waals surface area contributed by atoms with Crippen molar-refractivity contribution in [1.82, 2.24) is 4.90 Å². The van der Waals surface area contributed by atoms with Crippen LogP contribution < -0.4 is 0 Å². The number of carbonyl (C=O) groups is 1. The third-order valence-corrected chi connectivity index (χ3v) is 4.27. The summed E-state index contributed by atoms with van der Waals surface area (Å²) >= 11 is 0. The lowest BCUT2D eigenvalue weighted by molar-refractivity contribution is -0.157. The van der Waals surface area contributed by atoms with Crippen LogP contribution in [0.4, 0.5) is 0 Å². The molecule has 0 radical (unpaired) electrons. The highest BCUT2D eigenvalue weighted by atomic mass is 16.2. The average Bonchev–Trinajstić information content (AvgIpc) is 2.54. The molecule has 106 valence electrons. The van der Waals surface area contributed by atoms with E-state index >= 15 is 0 Å². The molecule has 3 rings (SSSR count). The van der Waals surface area contributed by atoms with Crippen LogP contribution in [-0.4, -0.2) is 10.8 Å². The van der Waals surface area contributed by atoms with E-state index in [1.807, 2.05) is 41.3 Å². The molecule has 2 aromatic rings. The van der Waals surface area contributed by atoms with Crippen LogP contribution >= 0.6 is 0 Å². The molecule has 1 saturated heterocycles. The van der Waals surface area contributed by atoms with Crippen molar-refractivity contribution in [3.8, 4) is 0 Å². The van der Waals surface area contributed by atoms with Gasteiger partial charge in [0.2, 0.25) is 5.91 Å². The fraction of sp³-hybridized carbons (Fsp3) is 0.211. The van der Waals surface area contributed by atoms with Crippen LogP contribution in [0.25, 0.3) is 0 Å². The third-order valence-electron chi connectivity index (χ3n) is 4.27. The van der Waals surface area contributed by atoms with Gasteiger partial charge in [0.05, 0.1) is 18.0 Å². The van der Waals surface area contributed by atoms with Crippen LogP contribution in [0.15, 0.2) is 73.3 Å². The Morgan fingerprint density at radius 2 is 1.62 bits per heavy atom. The second kappa shape index (κ2) is 5.57. The van der Waals surface area contributed by atoms with Gasteiger partial charge in [0, 0.05) is 0 Å². The average molecular weight is 277 g/mol. The molecule has 0 spiro atoms. The number of β-lactam (4-membered cyclic amide) rings is 1. The van der Waals surface area contributed by atoms with E-state index in [0.29, 0.717) is 0 Å². The zero-order chi connectivity index (χ0) is 14.8. The number of rotatable bonds is 4. The second-order valence-electron chi connectivity index (χ2n) is 5.45. The highest BCUT2D eigenvalue weighted by molar-refractivity contribution is 5.88. The molecular weight excluding hydrogens is 258 g/mol. The number of carbonyl (C=O) groups excluding carboxylic acids is 1. The number of hydrogen-bond donors (Lipinski definition) is 0. The summed E-state index contributed by atoms with van der Waals surface area (Å²) in [7, 11) is 0. The smallest absolute Gasteiger partial charge is 0.232 e. The summed E-state index contributed by atoms with van der Waals surface area (Å²) in [6.45, 7) is 5.91. The zero-order valence-corrected chi connectivity index (χ0v) is 12.1. The van der Waals surface area contributed by atoms with Crippen molar-refractivity contribution in [2.24, 2.45) is 5.92 Å². The minimum absolute atomic E-state index is 0.0695. The molecule has 1 aliphatic rings. The predicted molar refractivity (Wildman–Crippen MR) is 84.6 cm³/mol. The molecule has 3 atom stereocenters. The molecule has 2 aromatic carbocycles. The van der Waals surface area contributed by atoms with Crippen LogP contribution in [0.3, 0.4) is 0 Å². The summed E-state index contributed by atoms with van der Waals surface area (Å²) in [6, 6.07) is 20.5. The zero-order valence-electron chi connectivity index (χ0n) is 12.1. The first kappa shape index (κ1) is 13.6. The van der Waals surface area contributed by atoms with Gasteiger partial charge in [0.25, 0.3) is 0 Å². The van der Waals surface area contributed by atoms with Crippen molar-refractivity contribution in [2.75, 3.05) is 0 Å². The van der Waals surface area contributed by atoms with Crippen LogP contribution in [-0.2, 0) is 4.79 Å². The molecule has 1 heterocycles. The van der Waals surface area contributed by atoms with E-state index in [1.54, 1.807) is 6.08 Å². The maximum Gasteiger partial charge on any atom is 0.232 e. The molecule has 2 nitrogen and oxygen atoms in total. The lowest BCUT2D eigenvalue weighted by atomic mass is 9.80. The van der Waals surface area contributed by atoms with Gasteiger partial charge in [0.15, 0.2) is 0 Å². The second-order valence-corrected chi connectivity index (χ2v) is 5.45. The first-order valence-electron chi connectivity index (χ1n) is 7.28. The maximum absolute atomic E-state index is 12.4. The minimum Gasteiger partial charge on any atom is -0.327 e. The van der Waals surface area contributed by atoms with E-state index in [9.17, 15) is 4.79 Å². The summed E-state index contributed by atoms with van der Waals surface area (Å²) in [5.74, 6) is 0.0498. The first-order valence-corrected chi connectivity index (χ1v) is 7.28. The number of benzene rings is 2. The third kappa shape index (κ3) is 2.27. The van der Waals surface area contributed by atoms with E-state index in [2.05, 4.69) is 37.8 Å². The SMILES string of the molecule is C=C[C@H]1C(=O)N([C@@H](C)c2ccccc2)[C@@H]1c1ccccc1. The van der Waals surface area contributed by atoms with Crippen molar-refractivity contribution in [2.45, 2.75) is 19.0 Å². The van der Waals surface area contributed by atoms with Crippen molar-refractivity contribution < 1.29 is 4.79 Å². The Kier molecular flexibility index (Phi) is 3.61. The fourth-order valence-electron chi connectivity index (χ4n) is 3.11. The predicted octanol–water partition coefficient (Wildman–Crippen LogP) is 4.13. The lowest BCUT2D eigenvalue weighted by Gasteiger charge is -2.49. The molecule has 0 aliphatic carbocycles. The summed E-state index contributed by atoms with van der Waals surface area (Å²) in [4.78, 5) is 14.4. The lowest BCUT2D eigenvalue weighted by Crippen LogP contribution is -2.54. The molecule has 1 aliphatic heterocycles. The Balaban J connectivity index is 1.93. The Bertz CT molecular complexity index is 635. The van der Waals surface area contributed by atoms with Gasteiger partial charge in [-0.05, 0) is 18.1 Å². The van der Waals surface area contributed by atoms with Crippen molar-refractivity contribution >= 4 is 5.91 Å². The highest BCUT2D eigenvalue weighted by Gasteiger charge is 2.48. The Hall–Kier alpha value is -2.35. The molecule has 0 N–H and O–H groups in total. The Labute approximate surface area is 125 Å². The number of nitrogens with zero attached hydrogens (tertiary/aromatic N) is 1. The quantitative estimate of drug-likeness (QED) is 0.607. The molecule has 1 amide bonds. The molecule has 0 unspecified atom stereocenters. The summed E-state index contributed by atoms with van der Waals surface area (Å²) in [5, 5.41) is 0. The number of amides is 1. The van der Waals surface area contributed by atoms with Gasteiger partial charge in [0.1, 0.15) is 0 Å². The molecule has 0 saturated carbocycles. The Morgan fingerprint density at radius 3 is 2.19 bits per heavy atom. The molecule has 0 bridgehead atoms. The van der Waals surface area contributed by atoms with E-state index in [1.165, 1.54) is 5.56 Å². The summed E-state index contributed by atoms with van der Waals surface area (Å²) in [6.07, 6.45) is 1.77. The molecule has 0 aromatic heterocycles. The van der Waals surface area contributed by atoms with Crippen LogP contribution in [0, 0.1) is 5.92 Å². The maximum atomic E-state index is 12.4. The van der Waals surface area contributed by atoms with Gasteiger partial charge >= 0.3 is 0 Å². The topological polar surface area (TPSA) is 20.3 Å². The number of hydrogen-bond acceptors (Lipinski definition) is 1. The van der Waals surface area contributed by atoms with Crippen molar-refractivity contribution in [1.29, 1.82) is 0 Å². The standard InChI is InChI=1S/C19H19NO/c1-3-17-18(16-12-8-5-9-13-16)20(19(17)21)14(2)15-10-6-4-7-11-15/h3-14,17-18H,1H2,2H3/t14-,17+,18+/m0/s1. The number of likely N-dealkylation sites (tertiary alicyclic amines) is 1. The van der Waals surface area contributed by atoms with Crippen LogP contribution in [0.2, 0.25) is 0 Å². The molecule has 21 heavy (non-hydrogen) atoms. The van der Waals surface area contributed by atoms with Gasteiger partial charge < -0.3 is 4.90 Å². The van der Waals surface area contributed by atoms with E-state index in [4.69, 9.17) is 0 Å². The molecule has 1 fully saturated rings. The van der Waals surface area contributed by atoms with E-state index in [0.717, 1.165) is 5.56 Å². The normalized spacial score (nSPS) is 22.5. The van der Waals surface area contributed by atoms with Gasteiger partial charge in [-0.3, -0.25) is 4.79 Å². The first-order chi connectivity index (χ1) is 10.2. The van der Waals surface area contributed by atoms with Crippen LogP contribution in [0.5, 0.6) is 0 Å². The minimum atomic E-state index is -0.112. The van der Waals surface area contributed by atoms with Gasteiger partial charge in [-0.15, -0.1) is 6.58 Å². The van der Waals surface area contributed by atoms with E-state index in [-0.39, 0.29) is 23.9 Å². The van der Waals surface area contributed by atoms with Crippen molar-refractivity contribution in [3.63, 3.8) is 0 Å². The fourth-order valence-corrected chi connectivity index (χ4v) is 3.11.